The van der Waals surface area contributed by atoms with Gasteiger partial charge in [-0.25, -0.2) is 4.79 Å². The molecule has 0 amide bonds. The first-order valence-electron chi connectivity index (χ1n) is 7.87. The fraction of sp³-hybridized carbons (Fsp3) is 0.0476. The molecule has 130 valence electrons. The number of carbonyl (C=O) groups excluding carboxylic acids is 2. The van der Waals surface area contributed by atoms with Crippen molar-refractivity contribution >= 4 is 35.0 Å². The van der Waals surface area contributed by atoms with Crippen LogP contribution in [0.2, 0.25) is 10.0 Å². The van der Waals surface area contributed by atoms with Crippen LogP contribution in [0.3, 0.4) is 0 Å². The quantitative estimate of drug-likeness (QED) is 0.413. The highest BCUT2D eigenvalue weighted by atomic mass is 35.5. The van der Waals surface area contributed by atoms with Crippen LogP contribution in [0.4, 0.5) is 0 Å². The number of hydrogen-bond donors (Lipinski definition) is 0. The zero-order chi connectivity index (χ0) is 18.5. The smallest absolute Gasteiger partial charge is 0.339 e. The minimum Gasteiger partial charge on any atom is -0.445 e. The predicted molar refractivity (Wildman–Crippen MR) is 102 cm³/mol. The summed E-state index contributed by atoms with van der Waals surface area (Å²) in [4.78, 5) is 25.5. The van der Waals surface area contributed by atoms with E-state index in [1.54, 1.807) is 78.9 Å². The molecule has 0 fully saturated rings. The Balaban J connectivity index is 2.00. The van der Waals surface area contributed by atoms with Gasteiger partial charge in [-0.05, 0) is 18.2 Å². The molecule has 0 aliphatic carbocycles. The van der Waals surface area contributed by atoms with Crippen molar-refractivity contribution in [2.45, 2.75) is 6.10 Å². The third-order valence-corrected chi connectivity index (χ3v) is 4.63. The normalized spacial score (nSPS) is 11.6. The largest absolute Gasteiger partial charge is 0.445 e. The second kappa shape index (κ2) is 8.17. The Morgan fingerprint density at radius 3 is 1.92 bits per heavy atom. The Morgan fingerprint density at radius 2 is 1.31 bits per heavy atom. The van der Waals surface area contributed by atoms with Crippen LogP contribution in [0.15, 0.2) is 78.9 Å². The fourth-order valence-corrected chi connectivity index (χ4v) is 2.89. The first kappa shape index (κ1) is 18.2. The number of esters is 1. The van der Waals surface area contributed by atoms with E-state index in [1.807, 2.05) is 0 Å². The Morgan fingerprint density at radius 1 is 0.731 bits per heavy atom. The minimum atomic E-state index is -1.20. The molecule has 0 N–H and O–H groups in total. The second-order valence-electron chi connectivity index (χ2n) is 5.52. The van der Waals surface area contributed by atoms with E-state index in [4.69, 9.17) is 27.9 Å². The summed E-state index contributed by atoms with van der Waals surface area (Å²) in [6, 6.07) is 21.9. The maximum Gasteiger partial charge on any atom is 0.339 e. The van der Waals surface area contributed by atoms with Gasteiger partial charge in [-0.1, -0.05) is 83.9 Å². The summed E-state index contributed by atoms with van der Waals surface area (Å²) in [5, 5.41) is 0.468. The maximum absolute atomic E-state index is 13.0. The summed E-state index contributed by atoms with van der Waals surface area (Å²) in [5.74, 6) is -0.991. The van der Waals surface area contributed by atoms with Gasteiger partial charge in [0.1, 0.15) is 0 Å². The fourth-order valence-electron chi connectivity index (χ4n) is 2.48. The van der Waals surface area contributed by atoms with Gasteiger partial charge in [0, 0.05) is 11.1 Å². The van der Waals surface area contributed by atoms with E-state index >= 15 is 0 Å². The third-order valence-electron chi connectivity index (χ3n) is 3.79. The molecular weight excluding hydrogens is 371 g/mol. The molecule has 5 heteroatoms. The molecule has 0 spiro atoms. The van der Waals surface area contributed by atoms with E-state index in [0.717, 1.165) is 0 Å². The molecule has 0 bridgehead atoms. The molecule has 26 heavy (non-hydrogen) atoms. The van der Waals surface area contributed by atoms with E-state index in [2.05, 4.69) is 0 Å². The van der Waals surface area contributed by atoms with Crippen molar-refractivity contribution in [3.63, 3.8) is 0 Å². The first-order chi connectivity index (χ1) is 12.6. The summed E-state index contributed by atoms with van der Waals surface area (Å²) in [5.41, 5.74) is 1.10. The first-order valence-corrected chi connectivity index (χ1v) is 8.62. The van der Waals surface area contributed by atoms with E-state index in [-0.39, 0.29) is 15.8 Å². The molecule has 0 heterocycles. The Labute approximate surface area is 161 Å². The van der Waals surface area contributed by atoms with Gasteiger partial charge in [-0.2, -0.15) is 0 Å². The summed E-state index contributed by atoms with van der Waals surface area (Å²) >= 11 is 12.4. The van der Waals surface area contributed by atoms with E-state index in [0.29, 0.717) is 16.7 Å². The van der Waals surface area contributed by atoms with Gasteiger partial charge >= 0.3 is 5.97 Å². The van der Waals surface area contributed by atoms with Crippen molar-refractivity contribution < 1.29 is 14.3 Å². The third kappa shape index (κ3) is 3.96. The Kier molecular flexibility index (Phi) is 5.71. The number of ketones is 1. The number of carbonyl (C=O) groups is 2. The molecular formula is C21H14Cl2O3. The van der Waals surface area contributed by atoms with Gasteiger partial charge in [0.05, 0.1) is 15.6 Å². The minimum absolute atomic E-state index is 0.185. The van der Waals surface area contributed by atoms with Crippen LogP contribution in [0, 0.1) is 0 Å². The van der Waals surface area contributed by atoms with Gasteiger partial charge in [0.25, 0.3) is 0 Å². The van der Waals surface area contributed by atoms with E-state index in [1.165, 1.54) is 0 Å². The van der Waals surface area contributed by atoms with Gasteiger partial charge in [-0.15, -0.1) is 0 Å². The molecule has 0 aliphatic heterocycles. The van der Waals surface area contributed by atoms with Crippen LogP contribution in [-0.4, -0.2) is 11.8 Å². The van der Waals surface area contributed by atoms with Crippen molar-refractivity contribution in [3.05, 3.63) is 106 Å². The summed E-state index contributed by atoms with van der Waals surface area (Å²) in [6.07, 6.45) is -1.20. The lowest BCUT2D eigenvalue weighted by Gasteiger charge is -2.19. The van der Waals surface area contributed by atoms with Gasteiger partial charge in [0.15, 0.2) is 6.10 Å². The SMILES string of the molecule is O=C(OC(C(=O)c1ccccc1)c1cccc(Cl)c1Cl)c1ccccc1. The van der Waals surface area contributed by atoms with Crippen molar-refractivity contribution in [1.29, 1.82) is 0 Å². The highest BCUT2D eigenvalue weighted by Gasteiger charge is 2.29. The van der Waals surface area contributed by atoms with Crippen molar-refractivity contribution in [2.24, 2.45) is 0 Å². The average Bonchev–Trinajstić information content (AvgIpc) is 2.69. The van der Waals surface area contributed by atoms with E-state index in [9.17, 15) is 9.59 Å². The van der Waals surface area contributed by atoms with E-state index < -0.39 is 12.1 Å². The average molecular weight is 385 g/mol. The van der Waals surface area contributed by atoms with Crippen molar-refractivity contribution in [1.82, 2.24) is 0 Å². The molecule has 0 radical (unpaired) electrons. The van der Waals surface area contributed by atoms with Crippen LogP contribution >= 0.6 is 23.2 Å². The maximum atomic E-state index is 13.0. The molecule has 0 aliphatic rings. The highest BCUT2D eigenvalue weighted by molar-refractivity contribution is 6.42. The molecule has 1 atom stereocenters. The molecule has 3 aromatic carbocycles. The number of ether oxygens (including phenoxy) is 1. The molecule has 1 unspecified atom stereocenters. The molecule has 3 aromatic rings. The molecule has 0 saturated heterocycles. The van der Waals surface area contributed by atoms with Gasteiger partial charge < -0.3 is 4.74 Å². The topological polar surface area (TPSA) is 43.4 Å². The summed E-state index contributed by atoms with van der Waals surface area (Å²) in [6.45, 7) is 0. The van der Waals surface area contributed by atoms with Gasteiger partial charge in [-0.3, -0.25) is 4.79 Å². The predicted octanol–water partition coefficient (Wildman–Crippen LogP) is 5.77. The van der Waals surface area contributed by atoms with Crippen LogP contribution in [-0.2, 0) is 4.74 Å². The number of hydrogen-bond acceptors (Lipinski definition) is 3. The Bertz CT molecular complexity index is 925. The van der Waals surface area contributed by atoms with Crippen LogP contribution in [0.5, 0.6) is 0 Å². The zero-order valence-corrected chi connectivity index (χ0v) is 15.1. The molecule has 0 aromatic heterocycles. The second-order valence-corrected chi connectivity index (χ2v) is 6.31. The number of halogens is 2. The molecule has 0 saturated carbocycles. The monoisotopic (exact) mass is 384 g/mol. The number of rotatable bonds is 5. The molecule has 3 nitrogen and oxygen atoms in total. The lowest BCUT2D eigenvalue weighted by atomic mass is 9.99. The van der Waals surface area contributed by atoms with Crippen molar-refractivity contribution in [3.8, 4) is 0 Å². The van der Waals surface area contributed by atoms with Crippen LogP contribution in [0.1, 0.15) is 32.4 Å². The van der Waals surface area contributed by atoms with Crippen molar-refractivity contribution in [2.75, 3.05) is 0 Å². The number of Topliss-reactive ketones (excluding diaryl/α,β-unsaturated/α-hetero) is 1. The number of benzene rings is 3. The highest BCUT2D eigenvalue weighted by Crippen LogP contribution is 2.34. The zero-order valence-electron chi connectivity index (χ0n) is 13.6. The Hall–Kier alpha value is -2.62. The standard InChI is InChI=1S/C21H14Cl2O3/c22-17-13-7-12-16(18(17)23)20(19(24)14-8-3-1-4-9-14)26-21(25)15-10-5-2-6-11-15/h1-13,20H. The summed E-state index contributed by atoms with van der Waals surface area (Å²) in [7, 11) is 0. The van der Waals surface area contributed by atoms with Gasteiger partial charge in [0.2, 0.25) is 5.78 Å². The van der Waals surface area contributed by atoms with Crippen LogP contribution in [0.25, 0.3) is 0 Å². The lowest BCUT2D eigenvalue weighted by Crippen LogP contribution is -2.20. The molecule has 3 rings (SSSR count). The lowest BCUT2D eigenvalue weighted by molar-refractivity contribution is 0.0280. The van der Waals surface area contributed by atoms with Crippen LogP contribution < -0.4 is 0 Å². The summed E-state index contributed by atoms with van der Waals surface area (Å²) < 4.78 is 5.54.